The largest absolute Gasteiger partial charge is 0.497 e. The van der Waals surface area contributed by atoms with Gasteiger partial charge >= 0.3 is 6.01 Å². The van der Waals surface area contributed by atoms with E-state index in [0.29, 0.717) is 17.8 Å². The third-order valence-corrected chi connectivity index (χ3v) is 3.81. The zero-order valence-corrected chi connectivity index (χ0v) is 13.3. The standard InChI is InChI=1S/C15H16BrN3O2/c1-20-12-4-5-14(13(16)6-12)21-15-18-8-10(9-19-15)7-17-11-2-3-11/h4-6,8-9,11,17H,2-3,7H2,1H3. The van der Waals surface area contributed by atoms with Gasteiger partial charge in [0.1, 0.15) is 11.5 Å². The van der Waals surface area contributed by atoms with Crippen molar-refractivity contribution in [3.63, 3.8) is 0 Å². The second-order valence-electron chi connectivity index (χ2n) is 4.93. The molecule has 5 nitrogen and oxygen atoms in total. The van der Waals surface area contributed by atoms with Gasteiger partial charge in [-0.05, 0) is 47.0 Å². The number of nitrogens with one attached hydrogen (secondary N) is 1. The highest BCUT2D eigenvalue weighted by Gasteiger charge is 2.20. The first-order valence-corrected chi connectivity index (χ1v) is 7.59. The van der Waals surface area contributed by atoms with Gasteiger partial charge in [-0.1, -0.05) is 0 Å². The zero-order chi connectivity index (χ0) is 14.7. The van der Waals surface area contributed by atoms with Crippen LogP contribution in [0.5, 0.6) is 17.5 Å². The van der Waals surface area contributed by atoms with Crippen molar-refractivity contribution in [3.05, 3.63) is 40.6 Å². The van der Waals surface area contributed by atoms with Crippen LogP contribution in [0.3, 0.4) is 0 Å². The third-order valence-electron chi connectivity index (χ3n) is 3.19. The molecule has 1 heterocycles. The van der Waals surface area contributed by atoms with Crippen molar-refractivity contribution in [3.8, 4) is 17.5 Å². The Morgan fingerprint density at radius 3 is 2.67 bits per heavy atom. The summed E-state index contributed by atoms with van der Waals surface area (Å²) >= 11 is 3.44. The van der Waals surface area contributed by atoms with Crippen LogP contribution >= 0.6 is 15.9 Å². The highest BCUT2D eigenvalue weighted by atomic mass is 79.9. The van der Waals surface area contributed by atoms with Gasteiger partial charge in [0.2, 0.25) is 0 Å². The first kappa shape index (κ1) is 14.3. The molecule has 1 aromatic heterocycles. The molecule has 6 heteroatoms. The van der Waals surface area contributed by atoms with Crippen LogP contribution in [0.4, 0.5) is 0 Å². The second kappa shape index (κ2) is 6.41. The average molecular weight is 350 g/mol. The molecule has 0 radical (unpaired) electrons. The van der Waals surface area contributed by atoms with Crippen LogP contribution in [0.15, 0.2) is 35.1 Å². The van der Waals surface area contributed by atoms with E-state index in [4.69, 9.17) is 9.47 Å². The smallest absolute Gasteiger partial charge is 0.321 e. The van der Waals surface area contributed by atoms with Gasteiger partial charge in [-0.3, -0.25) is 0 Å². The molecule has 110 valence electrons. The number of halogens is 1. The van der Waals surface area contributed by atoms with Gasteiger partial charge in [-0.25, -0.2) is 9.97 Å². The van der Waals surface area contributed by atoms with Gasteiger partial charge < -0.3 is 14.8 Å². The maximum atomic E-state index is 5.66. The molecule has 1 aliphatic carbocycles. The lowest BCUT2D eigenvalue weighted by Crippen LogP contribution is -2.15. The Labute approximate surface area is 131 Å². The summed E-state index contributed by atoms with van der Waals surface area (Å²) in [6.07, 6.45) is 6.12. The molecule has 1 N–H and O–H groups in total. The van der Waals surface area contributed by atoms with Gasteiger partial charge in [-0.15, -0.1) is 0 Å². The number of benzene rings is 1. The van der Waals surface area contributed by atoms with E-state index >= 15 is 0 Å². The lowest BCUT2D eigenvalue weighted by Gasteiger charge is -2.08. The Kier molecular flexibility index (Phi) is 4.36. The fraction of sp³-hybridized carbons (Fsp3) is 0.333. The highest BCUT2D eigenvalue weighted by Crippen LogP contribution is 2.31. The molecule has 1 aromatic carbocycles. The maximum absolute atomic E-state index is 5.66. The number of hydrogen-bond acceptors (Lipinski definition) is 5. The molecule has 0 spiro atoms. The van der Waals surface area contributed by atoms with E-state index in [1.807, 2.05) is 18.2 Å². The quantitative estimate of drug-likeness (QED) is 0.866. The number of nitrogens with zero attached hydrogens (tertiary/aromatic N) is 2. The molecule has 0 unspecified atom stereocenters. The lowest BCUT2D eigenvalue weighted by atomic mass is 10.3. The van der Waals surface area contributed by atoms with Crippen LogP contribution in [0.2, 0.25) is 0 Å². The van der Waals surface area contributed by atoms with Gasteiger partial charge in [0.25, 0.3) is 0 Å². The molecule has 0 atom stereocenters. The van der Waals surface area contributed by atoms with Gasteiger partial charge in [0.15, 0.2) is 0 Å². The van der Waals surface area contributed by atoms with Crippen LogP contribution in [0.1, 0.15) is 18.4 Å². The fourth-order valence-corrected chi connectivity index (χ4v) is 2.26. The monoisotopic (exact) mass is 349 g/mol. The Bertz CT molecular complexity index is 615. The molecule has 1 fully saturated rings. The molecular formula is C15H16BrN3O2. The maximum Gasteiger partial charge on any atom is 0.321 e. The summed E-state index contributed by atoms with van der Waals surface area (Å²) in [5.41, 5.74) is 1.06. The molecule has 3 rings (SSSR count). The Morgan fingerprint density at radius 2 is 2.05 bits per heavy atom. The van der Waals surface area contributed by atoms with Gasteiger partial charge in [0.05, 0.1) is 11.6 Å². The summed E-state index contributed by atoms with van der Waals surface area (Å²) in [5, 5.41) is 3.42. The predicted octanol–water partition coefficient (Wildman–Crippen LogP) is 3.29. The normalized spacial score (nSPS) is 14.0. The van der Waals surface area contributed by atoms with E-state index in [0.717, 1.165) is 22.3 Å². The molecule has 2 aromatic rings. The summed E-state index contributed by atoms with van der Waals surface area (Å²) in [6.45, 7) is 0.803. The molecular weight excluding hydrogens is 334 g/mol. The fourth-order valence-electron chi connectivity index (χ4n) is 1.83. The average Bonchev–Trinajstić information content (AvgIpc) is 3.33. The van der Waals surface area contributed by atoms with E-state index in [1.165, 1.54) is 12.8 Å². The summed E-state index contributed by atoms with van der Waals surface area (Å²) < 4.78 is 11.6. The van der Waals surface area contributed by atoms with Crippen molar-refractivity contribution >= 4 is 15.9 Å². The number of ether oxygens (including phenoxy) is 2. The molecule has 0 aliphatic heterocycles. The Hall–Kier alpha value is -1.66. The van der Waals surface area contributed by atoms with Crippen molar-refractivity contribution in [2.45, 2.75) is 25.4 Å². The van der Waals surface area contributed by atoms with Crippen LogP contribution in [0, 0.1) is 0 Å². The third kappa shape index (κ3) is 3.92. The first-order valence-electron chi connectivity index (χ1n) is 6.80. The van der Waals surface area contributed by atoms with Gasteiger partial charge in [-0.2, -0.15) is 0 Å². The zero-order valence-electron chi connectivity index (χ0n) is 11.7. The summed E-state index contributed by atoms with van der Waals surface area (Å²) in [7, 11) is 1.62. The first-order chi connectivity index (χ1) is 10.2. The van der Waals surface area contributed by atoms with Crippen molar-refractivity contribution < 1.29 is 9.47 Å². The number of hydrogen-bond donors (Lipinski definition) is 1. The van der Waals surface area contributed by atoms with Crippen molar-refractivity contribution in [1.29, 1.82) is 0 Å². The second-order valence-corrected chi connectivity index (χ2v) is 5.78. The van der Waals surface area contributed by atoms with Crippen molar-refractivity contribution in [2.75, 3.05) is 7.11 Å². The Morgan fingerprint density at radius 1 is 1.29 bits per heavy atom. The highest BCUT2D eigenvalue weighted by molar-refractivity contribution is 9.10. The van der Waals surface area contributed by atoms with Crippen LogP contribution < -0.4 is 14.8 Å². The predicted molar refractivity (Wildman–Crippen MR) is 82.7 cm³/mol. The topological polar surface area (TPSA) is 56.3 Å². The Balaban J connectivity index is 1.63. The molecule has 1 saturated carbocycles. The van der Waals surface area contributed by atoms with E-state index in [2.05, 4.69) is 31.2 Å². The van der Waals surface area contributed by atoms with Crippen LogP contribution in [-0.4, -0.2) is 23.1 Å². The molecule has 0 saturated heterocycles. The van der Waals surface area contributed by atoms with Crippen LogP contribution in [-0.2, 0) is 6.54 Å². The van der Waals surface area contributed by atoms with E-state index in [9.17, 15) is 0 Å². The molecule has 0 bridgehead atoms. The SMILES string of the molecule is COc1ccc(Oc2ncc(CNC3CC3)cn2)c(Br)c1. The van der Waals surface area contributed by atoms with E-state index < -0.39 is 0 Å². The molecule has 1 aliphatic rings. The van der Waals surface area contributed by atoms with Crippen LogP contribution in [0.25, 0.3) is 0 Å². The lowest BCUT2D eigenvalue weighted by molar-refractivity contribution is 0.409. The number of rotatable bonds is 6. The minimum Gasteiger partial charge on any atom is -0.497 e. The van der Waals surface area contributed by atoms with Crippen molar-refractivity contribution in [1.82, 2.24) is 15.3 Å². The summed E-state index contributed by atoms with van der Waals surface area (Å²) in [5.74, 6) is 1.41. The van der Waals surface area contributed by atoms with E-state index in [-0.39, 0.29) is 0 Å². The minimum absolute atomic E-state index is 0.330. The summed E-state index contributed by atoms with van der Waals surface area (Å²) in [4.78, 5) is 8.46. The van der Waals surface area contributed by atoms with E-state index in [1.54, 1.807) is 19.5 Å². The number of aromatic nitrogens is 2. The number of methoxy groups -OCH3 is 1. The summed E-state index contributed by atoms with van der Waals surface area (Å²) in [6, 6.07) is 6.48. The molecule has 0 amide bonds. The minimum atomic E-state index is 0.330. The molecule has 21 heavy (non-hydrogen) atoms. The van der Waals surface area contributed by atoms with Gasteiger partial charge in [0, 0.05) is 30.5 Å². The van der Waals surface area contributed by atoms with Crippen molar-refractivity contribution in [2.24, 2.45) is 0 Å².